The molecule has 0 saturated carbocycles. The number of Topliss-reactive ketones (excluding diaryl/α,β-unsaturated/α-hetero) is 1. The molecule has 176 valence electrons. The highest BCUT2D eigenvalue weighted by Gasteiger charge is 2.38. The molecule has 0 aliphatic rings. The fourth-order valence-corrected chi connectivity index (χ4v) is 3.60. The summed E-state index contributed by atoms with van der Waals surface area (Å²) in [5, 5.41) is 11.6. The number of hydrogen-bond donors (Lipinski definition) is 0. The minimum absolute atomic E-state index is 0.0151. The van der Waals surface area contributed by atoms with Crippen LogP contribution >= 0.6 is 0 Å². The molecule has 0 atom stereocenters. The number of halogens is 3. The van der Waals surface area contributed by atoms with E-state index < -0.39 is 11.9 Å². The predicted octanol–water partition coefficient (Wildman–Crippen LogP) is 4.36. The van der Waals surface area contributed by atoms with Crippen molar-refractivity contribution in [2.75, 3.05) is 6.61 Å². The van der Waals surface area contributed by atoms with Gasteiger partial charge in [-0.2, -0.15) is 23.4 Å². The summed E-state index contributed by atoms with van der Waals surface area (Å²) in [4.78, 5) is 17.0. The first kappa shape index (κ1) is 24.3. The molecular weight excluding hydrogens is 435 g/mol. The zero-order chi connectivity index (χ0) is 24.3. The lowest BCUT2D eigenvalue weighted by Crippen LogP contribution is -2.10. The van der Waals surface area contributed by atoms with E-state index in [0.29, 0.717) is 30.2 Å². The second kappa shape index (κ2) is 9.68. The third kappa shape index (κ3) is 5.74. The van der Waals surface area contributed by atoms with Crippen molar-refractivity contribution in [2.45, 2.75) is 53.1 Å². The Hall–Kier alpha value is -3.30. The SMILES string of the molecule is CCOc1nc(C)cc(CC(=O)CCc2cc(C)c(-c3cn(C)nc3C(F)(F)F)nn2)c1C. The molecule has 0 saturated heterocycles. The molecule has 33 heavy (non-hydrogen) atoms. The highest BCUT2D eigenvalue weighted by Crippen LogP contribution is 2.36. The van der Waals surface area contributed by atoms with Crippen LogP contribution in [0.4, 0.5) is 13.2 Å². The van der Waals surface area contributed by atoms with E-state index in [9.17, 15) is 18.0 Å². The average molecular weight is 461 g/mol. The lowest BCUT2D eigenvalue weighted by atomic mass is 10.0. The van der Waals surface area contributed by atoms with E-state index in [-0.39, 0.29) is 29.9 Å². The Labute approximate surface area is 190 Å². The van der Waals surface area contributed by atoms with Gasteiger partial charge >= 0.3 is 6.18 Å². The summed E-state index contributed by atoms with van der Waals surface area (Å²) in [5.41, 5.74) is 2.56. The maximum atomic E-state index is 13.3. The number of rotatable bonds is 8. The van der Waals surface area contributed by atoms with Crippen LogP contribution in [-0.4, -0.2) is 37.4 Å². The summed E-state index contributed by atoms with van der Waals surface area (Å²) in [6.07, 6.45) is -2.50. The Morgan fingerprint density at radius 2 is 1.88 bits per heavy atom. The number of ketones is 1. The van der Waals surface area contributed by atoms with E-state index in [1.807, 2.05) is 26.8 Å². The Balaban J connectivity index is 1.72. The van der Waals surface area contributed by atoms with E-state index in [4.69, 9.17) is 4.74 Å². The van der Waals surface area contributed by atoms with E-state index >= 15 is 0 Å². The molecule has 0 unspecified atom stereocenters. The molecule has 0 aliphatic heterocycles. The first-order valence-electron chi connectivity index (χ1n) is 10.6. The van der Waals surface area contributed by atoms with Crippen molar-refractivity contribution < 1.29 is 22.7 Å². The van der Waals surface area contributed by atoms with Crippen LogP contribution in [0.25, 0.3) is 11.3 Å². The Bertz CT molecular complexity index is 1170. The fraction of sp³-hybridized carbons (Fsp3) is 0.435. The largest absolute Gasteiger partial charge is 0.478 e. The van der Waals surface area contributed by atoms with Gasteiger partial charge in [0.1, 0.15) is 5.78 Å². The fourth-order valence-electron chi connectivity index (χ4n) is 3.60. The summed E-state index contributed by atoms with van der Waals surface area (Å²) in [6.45, 7) is 7.76. The summed E-state index contributed by atoms with van der Waals surface area (Å²) in [7, 11) is 1.42. The Morgan fingerprint density at radius 1 is 1.15 bits per heavy atom. The van der Waals surface area contributed by atoms with Gasteiger partial charge in [-0.1, -0.05) is 0 Å². The molecule has 0 spiro atoms. The van der Waals surface area contributed by atoms with E-state index in [1.165, 1.54) is 13.2 Å². The highest BCUT2D eigenvalue weighted by atomic mass is 19.4. The lowest BCUT2D eigenvalue weighted by molar-refractivity contribution is -0.141. The molecule has 7 nitrogen and oxygen atoms in total. The van der Waals surface area contributed by atoms with Crippen molar-refractivity contribution in [1.82, 2.24) is 25.0 Å². The number of hydrogen-bond acceptors (Lipinski definition) is 6. The summed E-state index contributed by atoms with van der Waals surface area (Å²) < 4.78 is 46.5. The monoisotopic (exact) mass is 461 g/mol. The molecule has 3 aromatic rings. The quantitative estimate of drug-likeness (QED) is 0.496. The second-order valence-electron chi connectivity index (χ2n) is 7.93. The maximum absolute atomic E-state index is 13.3. The zero-order valence-corrected chi connectivity index (χ0v) is 19.2. The number of alkyl halides is 3. The van der Waals surface area contributed by atoms with Gasteiger partial charge in [-0.15, -0.1) is 5.10 Å². The lowest BCUT2D eigenvalue weighted by Gasteiger charge is -2.12. The number of carbonyl (C=O) groups excluding carboxylic acids is 1. The summed E-state index contributed by atoms with van der Waals surface area (Å²) in [6, 6.07) is 3.54. The summed E-state index contributed by atoms with van der Waals surface area (Å²) in [5.74, 6) is 0.548. The van der Waals surface area contributed by atoms with Gasteiger partial charge in [0.15, 0.2) is 5.69 Å². The molecule has 0 aromatic carbocycles. The Kier molecular flexibility index (Phi) is 7.14. The number of pyridine rings is 1. The number of aryl methyl sites for hydroxylation is 4. The maximum Gasteiger partial charge on any atom is 0.435 e. The van der Waals surface area contributed by atoms with Crippen molar-refractivity contribution in [3.8, 4) is 17.1 Å². The molecule has 3 aromatic heterocycles. The van der Waals surface area contributed by atoms with Crippen LogP contribution in [0.15, 0.2) is 18.3 Å². The molecular formula is C23H26F3N5O2. The van der Waals surface area contributed by atoms with Crippen LogP contribution in [-0.2, 0) is 30.9 Å². The van der Waals surface area contributed by atoms with Crippen LogP contribution in [0.3, 0.4) is 0 Å². The molecule has 0 radical (unpaired) electrons. The highest BCUT2D eigenvalue weighted by molar-refractivity contribution is 5.81. The van der Waals surface area contributed by atoms with Gasteiger partial charge < -0.3 is 4.74 Å². The van der Waals surface area contributed by atoms with E-state index in [0.717, 1.165) is 21.5 Å². The molecule has 0 amide bonds. The number of aromatic nitrogens is 5. The minimum atomic E-state index is -4.60. The molecule has 0 bridgehead atoms. The van der Waals surface area contributed by atoms with Crippen LogP contribution in [0.2, 0.25) is 0 Å². The van der Waals surface area contributed by atoms with Crippen molar-refractivity contribution in [2.24, 2.45) is 7.05 Å². The van der Waals surface area contributed by atoms with Crippen molar-refractivity contribution in [1.29, 1.82) is 0 Å². The Morgan fingerprint density at radius 3 is 2.52 bits per heavy atom. The van der Waals surface area contributed by atoms with Crippen molar-refractivity contribution in [3.63, 3.8) is 0 Å². The van der Waals surface area contributed by atoms with Gasteiger partial charge in [0.2, 0.25) is 5.88 Å². The molecule has 0 aliphatic carbocycles. The molecule has 3 heterocycles. The topological polar surface area (TPSA) is 82.8 Å². The summed E-state index contributed by atoms with van der Waals surface area (Å²) >= 11 is 0. The third-order valence-corrected chi connectivity index (χ3v) is 5.18. The standard InChI is InChI=1S/C23H26F3N5O2/c1-6-33-22-15(4)16(10-14(3)27-22)11-18(32)8-7-17-9-13(2)20(29-28-17)19-12-31(5)30-21(19)23(24,25)26/h9-10,12H,6-8,11H2,1-5H3. The number of nitrogens with zero attached hydrogens (tertiary/aromatic N) is 5. The van der Waals surface area contributed by atoms with Gasteiger partial charge in [0.25, 0.3) is 0 Å². The third-order valence-electron chi connectivity index (χ3n) is 5.18. The molecule has 10 heteroatoms. The van der Waals surface area contributed by atoms with Gasteiger partial charge in [0, 0.05) is 37.3 Å². The number of carbonyl (C=O) groups is 1. The van der Waals surface area contributed by atoms with Crippen LogP contribution in [0, 0.1) is 20.8 Å². The average Bonchev–Trinajstić information content (AvgIpc) is 3.12. The van der Waals surface area contributed by atoms with E-state index in [1.54, 1.807) is 13.0 Å². The van der Waals surface area contributed by atoms with Gasteiger partial charge in [-0.25, -0.2) is 4.98 Å². The molecule has 3 rings (SSSR count). The number of ether oxygens (including phenoxy) is 1. The van der Waals surface area contributed by atoms with Crippen molar-refractivity contribution in [3.05, 3.63) is 52.1 Å². The molecule has 0 fully saturated rings. The van der Waals surface area contributed by atoms with Crippen molar-refractivity contribution >= 4 is 5.78 Å². The van der Waals surface area contributed by atoms with Crippen LogP contribution in [0.5, 0.6) is 5.88 Å². The second-order valence-corrected chi connectivity index (χ2v) is 7.93. The molecule has 0 N–H and O–H groups in total. The smallest absolute Gasteiger partial charge is 0.435 e. The van der Waals surface area contributed by atoms with Crippen LogP contribution < -0.4 is 4.74 Å². The van der Waals surface area contributed by atoms with E-state index in [2.05, 4.69) is 20.3 Å². The van der Waals surface area contributed by atoms with Gasteiger partial charge in [-0.3, -0.25) is 9.48 Å². The first-order chi connectivity index (χ1) is 15.5. The van der Waals surface area contributed by atoms with Crippen LogP contribution in [0.1, 0.15) is 47.1 Å². The zero-order valence-electron chi connectivity index (χ0n) is 19.2. The predicted molar refractivity (Wildman–Crippen MR) is 116 cm³/mol. The first-order valence-corrected chi connectivity index (χ1v) is 10.6. The normalized spacial score (nSPS) is 11.6. The van der Waals surface area contributed by atoms with Gasteiger partial charge in [-0.05, 0) is 57.4 Å². The minimum Gasteiger partial charge on any atom is -0.478 e. The van der Waals surface area contributed by atoms with Gasteiger partial charge in [0.05, 0.1) is 23.6 Å².